The number of nitrogens with zero attached hydrogens (tertiary/aromatic N) is 2. The van der Waals surface area contributed by atoms with Crippen molar-refractivity contribution in [2.75, 3.05) is 11.9 Å². The van der Waals surface area contributed by atoms with Gasteiger partial charge in [0.25, 0.3) is 5.91 Å². The van der Waals surface area contributed by atoms with Crippen LogP contribution in [0.1, 0.15) is 16.1 Å². The fourth-order valence-electron chi connectivity index (χ4n) is 2.53. The van der Waals surface area contributed by atoms with Gasteiger partial charge in [-0.3, -0.25) is 9.59 Å². The number of halogens is 3. The quantitative estimate of drug-likeness (QED) is 0.660. The summed E-state index contributed by atoms with van der Waals surface area (Å²) in [6.45, 7) is 1.21. The predicted molar refractivity (Wildman–Crippen MR) is 95.6 cm³/mol. The van der Waals surface area contributed by atoms with Crippen molar-refractivity contribution in [2.24, 2.45) is 0 Å². The maximum Gasteiger partial charge on any atom is 0.255 e. The Balaban J connectivity index is 1.64. The van der Waals surface area contributed by atoms with Crippen molar-refractivity contribution in [3.63, 3.8) is 0 Å². The van der Waals surface area contributed by atoms with Gasteiger partial charge in [-0.2, -0.15) is 5.10 Å². The molecular formula is C19H15F3N4O2. The Morgan fingerprint density at radius 3 is 2.46 bits per heavy atom. The normalized spacial score (nSPS) is 10.6. The summed E-state index contributed by atoms with van der Waals surface area (Å²) >= 11 is 0. The van der Waals surface area contributed by atoms with Gasteiger partial charge in [0.1, 0.15) is 0 Å². The van der Waals surface area contributed by atoms with Crippen molar-refractivity contribution in [2.45, 2.75) is 6.92 Å². The van der Waals surface area contributed by atoms with E-state index in [0.717, 1.165) is 11.8 Å². The highest BCUT2D eigenvalue weighted by atomic mass is 19.2. The fraction of sp³-hybridized carbons (Fsp3) is 0.105. The molecule has 0 unspecified atom stereocenters. The van der Waals surface area contributed by atoms with Crippen molar-refractivity contribution >= 4 is 17.5 Å². The second-order valence-corrected chi connectivity index (χ2v) is 5.84. The third kappa shape index (κ3) is 3.88. The predicted octanol–water partition coefficient (Wildman–Crippen LogP) is 2.97. The van der Waals surface area contributed by atoms with E-state index in [0.29, 0.717) is 11.8 Å². The SMILES string of the molecule is Cc1c(C(=O)NCC(=O)Nc2ccc(F)c(F)c2F)cnn1-c1ccccc1. The maximum absolute atomic E-state index is 13.6. The maximum atomic E-state index is 13.6. The van der Waals surface area contributed by atoms with E-state index >= 15 is 0 Å². The summed E-state index contributed by atoms with van der Waals surface area (Å²) in [6.07, 6.45) is 1.37. The summed E-state index contributed by atoms with van der Waals surface area (Å²) in [7, 11) is 0. The number of hydrogen-bond donors (Lipinski definition) is 2. The zero-order valence-electron chi connectivity index (χ0n) is 14.7. The van der Waals surface area contributed by atoms with Crippen LogP contribution in [0.4, 0.5) is 18.9 Å². The van der Waals surface area contributed by atoms with Crippen molar-refractivity contribution < 1.29 is 22.8 Å². The van der Waals surface area contributed by atoms with E-state index in [2.05, 4.69) is 15.7 Å². The number of para-hydroxylation sites is 1. The Kier molecular flexibility index (Phi) is 5.44. The van der Waals surface area contributed by atoms with Crippen molar-refractivity contribution in [3.8, 4) is 5.69 Å². The third-order valence-corrected chi connectivity index (χ3v) is 3.97. The molecule has 0 spiro atoms. The van der Waals surface area contributed by atoms with Gasteiger partial charge in [0.2, 0.25) is 5.91 Å². The molecule has 3 aromatic rings. The molecule has 0 radical (unpaired) electrons. The zero-order valence-corrected chi connectivity index (χ0v) is 14.7. The molecule has 0 aliphatic rings. The highest BCUT2D eigenvalue weighted by Gasteiger charge is 2.18. The number of aromatic nitrogens is 2. The molecule has 0 bridgehead atoms. The Labute approximate surface area is 158 Å². The molecule has 1 heterocycles. The number of amides is 2. The van der Waals surface area contributed by atoms with E-state index < -0.39 is 41.5 Å². The first kappa shape index (κ1) is 19.2. The molecule has 0 aliphatic carbocycles. The van der Waals surface area contributed by atoms with Gasteiger partial charge in [-0.05, 0) is 31.2 Å². The lowest BCUT2D eigenvalue weighted by atomic mass is 10.2. The van der Waals surface area contributed by atoms with Crippen LogP contribution in [0.25, 0.3) is 5.69 Å². The molecule has 2 amide bonds. The van der Waals surface area contributed by atoms with Gasteiger partial charge >= 0.3 is 0 Å². The molecule has 3 rings (SSSR count). The molecule has 28 heavy (non-hydrogen) atoms. The van der Waals surface area contributed by atoms with Crippen LogP contribution in [0.15, 0.2) is 48.7 Å². The van der Waals surface area contributed by atoms with E-state index in [1.807, 2.05) is 30.3 Å². The largest absolute Gasteiger partial charge is 0.343 e. The Hall–Kier alpha value is -3.62. The lowest BCUT2D eigenvalue weighted by Gasteiger charge is -2.09. The van der Waals surface area contributed by atoms with Crippen LogP contribution in [0.2, 0.25) is 0 Å². The van der Waals surface area contributed by atoms with Crippen LogP contribution >= 0.6 is 0 Å². The minimum atomic E-state index is -1.69. The second kappa shape index (κ2) is 7.95. The number of rotatable bonds is 5. The lowest BCUT2D eigenvalue weighted by molar-refractivity contribution is -0.115. The number of carbonyl (C=O) groups is 2. The average molecular weight is 388 g/mol. The first-order valence-corrected chi connectivity index (χ1v) is 8.20. The molecule has 1 aromatic heterocycles. The minimum Gasteiger partial charge on any atom is -0.343 e. The molecule has 0 saturated heterocycles. The monoisotopic (exact) mass is 388 g/mol. The van der Waals surface area contributed by atoms with Crippen molar-refractivity contribution in [1.29, 1.82) is 0 Å². The van der Waals surface area contributed by atoms with Gasteiger partial charge in [-0.1, -0.05) is 18.2 Å². The van der Waals surface area contributed by atoms with Crippen molar-refractivity contribution in [1.82, 2.24) is 15.1 Å². The molecule has 144 valence electrons. The summed E-state index contributed by atoms with van der Waals surface area (Å²) in [5.41, 5.74) is 1.07. The average Bonchev–Trinajstić information content (AvgIpc) is 3.08. The van der Waals surface area contributed by atoms with Crippen LogP contribution in [0.3, 0.4) is 0 Å². The Morgan fingerprint density at radius 1 is 1.04 bits per heavy atom. The van der Waals surface area contributed by atoms with Gasteiger partial charge in [0.05, 0.1) is 35.4 Å². The highest BCUT2D eigenvalue weighted by molar-refractivity contribution is 5.99. The van der Waals surface area contributed by atoms with Crippen molar-refractivity contribution in [3.05, 3.63) is 77.4 Å². The lowest BCUT2D eigenvalue weighted by Crippen LogP contribution is -2.33. The minimum absolute atomic E-state index is 0.260. The summed E-state index contributed by atoms with van der Waals surface area (Å²) in [4.78, 5) is 24.2. The first-order valence-electron chi connectivity index (χ1n) is 8.20. The van der Waals surface area contributed by atoms with Crippen LogP contribution in [0.5, 0.6) is 0 Å². The van der Waals surface area contributed by atoms with Gasteiger partial charge < -0.3 is 10.6 Å². The zero-order chi connectivity index (χ0) is 20.3. The summed E-state index contributed by atoms with van der Waals surface area (Å²) in [6, 6.07) is 10.7. The van der Waals surface area contributed by atoms with E-state index in [1.165, 1.54) is 6.20 Å². The third-order valence-electron chi connectivity index (χ3n) is 3.97. The molecule has 0 fully saturated rings. The number of hydrogen-bond acceptors (Lipinski definition) is 3. The summed E-state index contributed by atoms with van der Waals surface area (Å²) < 4.78 is 41.2. The van der Waals surface area contributed by atoms with Gasteiger partial charge in [-0.25, -0.2) is 17.9 Å². The van der Waals surface area contributed by atoms with Crippen LogP contribution in [-0.4, -0.2) is 28.1 Å². The Bertz CT molecular complexity index is 1040. The fourth-order valence-corrected chi connectivity index (χ4v) is 2.53. The van der Waals surface area contributed by atoms with Gasteiger partial charge in [0, 0.05) is 0 Å². The van der Waals surface area contributed by atoms with Crippen LogP contribution in [-0.2, 0) is 4.79 Å². The summed E-state index contributed by atoms with van der Waals surface area (Å²) in [5, 5.41) is 8.61. The van der Waals surface area contributed by atoms with E-state index in [-0.39, 0.29) is 5.56 Å². The molecule has 9 heteroatoms. The number of nitrogens with one attached hydrogen (secondary N) is 2. The van der Waals surface area contributed by atoms with E-state index in [9.17, 15) is 22.8 Å². The number of benzene rings is 2. The van der Waals surface area contributed by atoms with Gasteiger partial charge in [0.15, 0.2) is 17.5 Å². The topological polar surface area (TPSA) is 76.0 Å². The molecule has 2 aromatic carbocycles. The highest BCUT2D eigenvalue weighted by Crippen LogP contribution is 2.19. The summed E-state index contributed by atoms with van der Waals surface area (Å²) in [5.74, 6) is -5.92. The van der Waals surface area contributed by atoms with Crippen LogP contribution < -0.4 is 10.6 Å². The van der Waals surface area contributed by atoms with E-state index in [4.69, 9.17) is 0 Å². The standard InChI is InChI=1S/C19H15F3N4O2/c1-11-13(9-24-26(11)12-5-3-2-4-6-12)19(28)23-10-16(27)25-15-8-7-14(20)17(21)18(15)22/h2-9H,10H2,1H3,(H,23,28)(H,25,27). The Morgan fingerprint density at radius 2 is 1.75 bits per heavy atom. The van der Waals surface area contributed by atoms with Crippen LogP contribution in [0, 0.1) is 24.4 Å². The second-order valence-electron chi connectivity index (χ2n) is 5.84. The number of anilines is 1. The molecule has 2 N–H and O–H groups in total. The number of carbonyl (C=O) groups excluding carboxylic acids is 2. The smallest absolute Gasteiger partial charge is 0.255 e. The molecule has 0 atom stereocenters. The molecular weight excluding hydrogens is 373 g/mol. The van der Waals surface area contributed by atoms with E-state index in [1.54, 1.807) is 11.6 Å². The first-order chi connectivity index (χ1) is 13.4. The molecule has 6 nitrogen and oxygen atoms in total. The molecule has 0 aliphatic heterocycles. The van der Waals surface area contributed by atoms with Gasteiger partial charge in [-0.15, -0.1) is 0 Å². The molecule has 0 saturated carbocycles.